The monoisotopic (exact) mass is 169 g/mol. The molecular weight excluding hydrogens is 154 g/mol. The molecule has 0 spiro atoms. The largest absolute Gasteiger partial charge is 0.382 e. The second-order valence-electron chi connectivity index (χ2n) is 2.78. The lowest BCUT2D eigenvalue weighted by atomic mass is 10.2. The van der Waals surface area contributed by atoms with Gasteiger partial charge < -0.3 is 4.74 Å². The van der Waals surface area contributed by atoms with Gasteiger partial charge in [0.05, 0.1) is 18.8 Å². The summed E-state index contributed by atoms with van der Waals surface area (Å²) in [5.41, 5.74) is 0. The fraction of sp³-hybridized carbons (Fsp3) is 0.750. The summed E-state index contributed by atoms with van der Waals surface area (Å²) in [5.74, 6) is 0. The Hall–Kier alpha value is -0.900. The van der Waals surface area contributed by atoms with E-state index in [9.17, 15) is 0 Å². The molecule has 0 saturated carbocycles. The van der Waals surface area contributed by atoms with Crippen molar-refractivity contribution in [2.45, 2.75) is 25.8 Å². The average Bonchev–Trinajstić information content (AvgIpc) is 2.56. The molecule has 1 heterocycles. The Morgan fingerprint density at radius 2 is 2.42 bits per heavy atom. The minimum atomic E-state index is 0.336. The zero-order chi connectivity index (χ0) is 8.81. The number of rotatable bonds is 5. The summed E-state index contributed by atoms with van der Waals surface area (Å²) in [5, 5.41) is 7.71. The summed E-state index contributed by atoms with van der Waals surface area (Å²) in [6.07, 6.45) is 5.78. The molecule has 4 nitrogen and oxygen atoms in total. The summed E-state index contributed by atoms with van der Waals surface area (Å²) in [7, 11) is 1.71. The number of hydrogen-bond acceptors (Lipinski definition) is 3. The molecule has 0 saturated heterocycles. The zero-order valence-electron chi connectivity index (χ0n) is 7.60. The van der Waals surface area contributed by atoms with Crippen molar-refractivity contribution in [3.63, 3.8) is 0 Å². The van der Waals surface area contributed by atoms with E-state index < -0.39 is 0 Å². The topological polar surface area (TPSA) is 39.9 Å². The maximum atomic E-state index is 5.09. The zero-order valence-corrected chi connectivity index (χ0v) is 7.60. The van der Waals surface area contributed by atoms with Crippen LogP contribution in [0.2, 0.25) is 0 Å². The van der Waals surface area contributed by atoms with Gasteiger partial charge in [0.15, 0.2) is 0 Å². The van der Waals surface area contributed by atoms with Gasteiger partial charge in [0.2, 0.25) is 0 Å². The molecule has 1 atom stereocenters. The SMILES string of the molecule is CCC[C@@H](COC)n1ccnn1. The van der Waals surface area contributed by atoms with Gasteiger partial charge in [-0.25, -0.2) is 4.68 Å². The molecule has 0 radical (unpaired) electrons. The molecule has 0 amide bonds. The maximum absolute atomic E-state index is 5.09. The third kappa shape index (κ3) is 2.30. The Balaban J connectivity index is 2.53. The van der Waals surface area contributed by atoms with E-state index in [-0.39, 0.29) is 0 Å². The van der Waals surface area contributed by atoms with E-state index in [1.54, 1.807) is 13.3 Å². The predicted octanol–water partition coefficient (Wildman–Crippen LogP) is 1.27. The van der Waals surface area contributed by atoms with Crippen LogP contribution >= 0.6 is 0 Å². The van der Waals surface area contributed by atoms with E-state index >= 15 is 0 Å². The smallest absolute Gasteiger partial charge is 0.0770 e. The first-order valence-electron chi connectivity index (χ1n) is 4.23. The Bertz CT molecular complexity index is 192. The van der Waals surface area contributed by atoms with Gasteiger partial charge in [-0.15, -0.1) is 5.10 Å². The van der Waals surface area contributed by atoms with E-state index in [0.29, 0.717) is 12.6 Å². The second-order valence-corrected chi connectivity index (χ2v) is 2.78. The summed E-state index contributed by atoms with van der Waals surface area (Å²) < 4.78 is 6.95. The molecule has 0 aliphatic carbocycles. The Morgan fingerprint density at radius 1 is 1.58 bits per heavy atom. The molecule has 68 valence electrons. The van der Waals surface area contributed by atoms with Crippen molar-refractivity contribution in [3.8, 4) is 0 Å². The first-order valence-corrected chi connectivity index (χ1v) is 4.23. The van der Waals surface area contributed by atoms with Crippen LogP contribution in [0.15, 0.2) is 12.4 Å². The Morgan fingerprint density at radius 3 is 2.92 bits per heavy atom. The fourth-order valence-corrected chi connectivity index (χ4v) is 1.23. The van der Waals surface area contributed by atoms with Crippen LogP contribution in [0.5, 0.6) is 0 Å². The molecule has 1 rings (SSSR count). The van der Waals surface area contributed by atoms with Gasteiger partial charge >= 0.3 is 0 Å². The van der Waals surface area contributed by atoms with Crippen molar-refractivity contribution in [2.75, 3.05) is 13.7 Å². The van der Waals surface area contributed by atoms with Crippen molar-refractivity contribution < 1.29 is 4.74 Å². The summed E-state index contributed by atoms with van der Waals surface area (Å²) in [4.78, 5) is 0. The van der Waals surface area contributed by atoms with Gasteiger partial charge in [0.1, 0.15) is 0 Å². The highest BCUT2D eigenvalue weighted by Gasteiger charge is 2.09. The second kappa shape index (κ2) is 4.87. The third-order valence-corrected chi connectivity index (χ3v) is 1.80. The van der Waals surface area contributed by atoms with Gasteiger partial charge in [-0.1, -0.05) is 18.6 Å². The number of methoxy groups -OCH3 is 1. The van der Waals surface area contributed by atoms with Gasteiger partial charge in [0, 0.05) is 13.3 Å². The average molecular weight is 169 g/mol. The molecule has 12 heavy (non-hydrogen) atoms. The number of hydrogen-bond donors (Lipinski definition) is 0. The highest BCUT2D eigenvalue weighted by Crippen LogP contribution is 2.11. The fourth-order valence-electron chi connectivity index (χ4n) is 1.23. The maximum Gasteiger partial charge on any atom is 0.0770 e. The van der Waals surface area contributed by atoms with E-state index in [2.05, 4.69) is 17.2 Å². The Labute approximate surface area is 72.5 Å². The number of aromatic nitrogens is 3. The summed E-state index contributed by atoms with van der Waals surface area (Å²) in [6, 6.07) is 0.336. The van der Waals surface area contributed by atoms with E-state index in [0.717, 1.165) is 12.8 Å². The molecule has 1 aromatic rings. The molecule has 0 N–H and O–H groups in total. The van der Waals surface area contributed by atoms with Crippen LogP contribution in [0.3, 0.4) is 0 Å². The van der Waals surface area contributed by atoms with E-state index in [1.807, 2.05) is 10.9 Å². The lowest BCUT2D eigenvalue weighted by Gasteiger charge is -2.14. The first-order chi connectivity index (χ1) is 5.88. The van der Waals surface area contributed by atoms with E-state index in [4.69, 9.17) is 4.74 Å². The van der Waals surface area contributed by atoms with Gasteiger partial charge in [-0.2, -0.15) is 0 Å². The van der Waals surface area contributed by atoms with Crippen molar-refractivity contribution in [1.82, 2.24) is 15.0 Å². The van der Waals surface area contributed by atoms with Crippen LogP contribution in [0.25, 0.3) is 0 Å². The molecule has 1 aromatic heterocycles. The minimum absolute atomic E-state index is 0.336. The highest BCUT2D eigenvalue weighted by atomic mass is 16.5. The molecule has 0 fully saturated rings. The van der Waals surface area contributed by atoms with Crippen LogP contribution in [0.1, 0.15) is 25.8 Å². The molecular formula is C8H15N3O. The van der Waals surface area contributed by atoms with Crippen LogP contribution < -0.4 is 0 Å². The number of ether oxygens (including phenoxy) is 1. The third-order valence-electron chi connectivity index (χ3n) is 1.80. The molecule has 0 unspecified atom stereocenters. The molecule has 0 aliphatic heterocycles. The predicted molar refractivity (Wildman–Crippen MR) is 45.8 cm³/mol. The normalized spacial score (nSPS) is 13.2. The van der Waals surface area contributed by atoms with Gasteiger partial charge in [0.25, 0.3) is 0 Å². The standard InChI is InChI=1S/C8H15N3O/c1-3-4-8(7-12-2)11-6-5-9-10-11/h5-6,8H,3-4,7H2,1-2H3/t8-/m0/s1. The van der Waals surface area contributed by atoms with Crippen LogP contribution in [0, 0.1) is 0 Å². The first kappa shape index (κ1) is 9.19. The Kier molecular flexibility index (Phi) is 3.73. The molecule has 0 bridgehead atoms. The minimum Gasteiger partial charge on any atom is -0.382 e. The van der Waals surface area contributed by atoms with Crippen LogP contribution in [-0.4, -0.2) is 28.7 Å². The van der Waals surface area contributed by atoms with Crippen LogP contribution in [-0.2, 0) is 4.74 Å². The summed E-state index contributed by atoms with van der Waals surface area (Å²) >= 11 is 0. The van der Waals surface area contributed by atoms with Crippen molar-refractivity contribution >= 4 is 0 Å². The van der Waals surface area contributed by atoms with Crippen molar-refractivity contribution in [2.24, 2.45) is 0 Å². The lowest BCUT2D eigenvalue weighted by molar-refractivity contribution is 0.143. The summed E-state index contributed by atoms with van der Waals surface area (Å²) in [6.45, 7) is 2.86. The lowest BCUT2D eigenvalue weighted by Crippen LogP contribution is -2.15. The van der Waals surface area contributed by atoms with Gasteiger partial charge in [-0.3, -0.25) is 0 Å². The molecule has 0 aliphatic rings. The van der Waals surface area contributed by atoms with E-state index in [1.165, 1.54) is 0 Å². The number of nitrogens with zero attached hydrogens (tertiary/aromatic N) is 3. The quantitative estimate of drug-likeness (QED) is 0.666. The highest BCUT2D eigenvalue weighted by molar-refractivity contribution is 4.71. The van der Waals surface area contributed by atoms with Gasteiger partial charge in [-0.05, 0) is 6.42 Å². The van der Waals surface area contributed by atoms with Crippen molar-refractivity contribution in [1.29, 1.82) is 0 Å². The van der Waals surface area contributed by atoms with Crippen molar-refractivity contribution in [3.05, 3.63) is 12.4 Å². The molecule has 4 heteroatoms. The van der Waals surface area contributed by atoms with Crippen LogP contribution in [0.4, 0.5) is 0 Å². The molecule has 0 aromatic carbocycles.